The molecule has 1 aliphatic rings. The van der Waals surface area contributed by atoms with E-state index in [0.717, 1.165) is 41.5 Å². The lowest BCUT2D eigenvalue weighted by Crippen LogP contribution is -2.39. The number of aryl methyl sites for hydroxylation is 1. The lowest BCUT2D eigenvalue weighted by Gasteiger charge is -2.20. The fraction of sp³-hybridized carbons (Fsp3) is 0.294. The third-order valence-corrected chi connectivity index (χ3v) is 4.96. The number of furan rings is 1. The molecule has 3 aromatic heterocycles. The second-order valence-electron chi connectivity index (χ2n) is 5.73. The van der Waals surface area contributed by atoms with Gasteiger partial charge in [0.1, 0.15) is 11.5 Å². The number of rotatable bonds is 3. The highest BCUT2D eigenvalue weighted by Gasteiger charge is 2.21. The lowest BCUT2D eigenvalue weighted by atomic mass is 10.3. The van der Waals surface area contributed by atoms with Gasteiger partial charge in [-0.1, -0.05) is 6.07 Å². The van der Waals surface area contributed by atoms with E-state index in [2.05, 4.69) is 22.5 Å². The number of thiophene rings is 1. The van der Waals surface area contributed by atoms with E-state index < -0.39 is 0 Å². The van der Waals surface area contributed by atoms with Crippen molar-refractivity contribution in [3.8, 4) is 10.6 Å². The third kappa shape index (κ3) is 3.07. The smallest absolute Gasteiger partial charge is 0.318 e. The van der Waals surface area contributed by atoms with Gasteiger partial charge in [-0.05, 0) is 36.1 Å². The van der Waals surface area contributed by atoms with Crippen molar-refractivity contribution >= 4 is 17.4 Å². The minimum absolute atomic E-state index is 0.0706. The Morgan fingerprint density at radius 2 is 2.29 bits per heavy atom. The topological polar surface area (TPSA) is 63.3 Å². The first-order chi connectivity index (χ1) is 11.8. The van der Waals surface area contributed by atoms with Crippen LogP contribution in [0.5, 0.6) is 0 Å². The van der Waals surface area contributed by atoms with Crippen molar-refractivity contribution in [3.05, 3.63) is 53.4 Å². The first kappa shape index (κ1) is 15.0. The van der Waals surface area contributed by atoms with E-state index in [-0.39, 0.29) is 6.03 Å². The Labute approximate surface area is 143 Å². The third-order valence-electron chi connectivity index (χ3n) is 4.07. The zero-order chi connectivity index (χ0) is 16.4. The van der Waals surface area contributed by atoms with Crippen LogP contribution < -0.4 is 5.32 Å². The zero-order valence-corrected chi connectivity index (χ0v) is 14.0. The molecule has 2 amide bonds. The molecule has 4 heterocycles. The number of carbonyl (C=O) groups is 1. The average molecular weight is 342 g/mol. The summed E-state index contributed by atoms with van der Waals surface area (Å²) in [5.74, 6) is 0.753. The van der Waals surface area contributed by atoms with Gasteiger partial charge in [-0.25, -0.2) is 4.79 Å². The molecule has 0 radical (unpaired) electrons. The molecule has 124 valence electrons. The summed E-state index contributed by atoms with van der Waals surface area (Å²) in [4.78, 5) is 15.4. The van der Waals surface area contributed by atoms with Crippen LogP contribution in [0.2, 0.25) is 0 Å². The molecule has 0 unspecified atom stereocenters. The van der Waals surface area contributed by atoms with Crippen LogP contribution in [0.3, 0.4) is 0 Å². The monoisotopic (exact) mass is 342 g/mol. The van der Waals surface area contributed by atoms with Gasteiger partial charge >= 0.3 is 6.03 Å². The van der Waals surface area contributed by atoms with Crippen molar-refractivity contribution in [2.75, 3.05) is 6.54 Å². The van der Waals surface area contributed by atoms with Gasteiger partial charge in [-0.15, -0.1) is 11.3 Å². The van der Waals surface area contributed by atoms with Gasteiger partial charge in [0.05, 0.1) is 29.9 Å². The number of hydrogen-bond donors (Lipinski definition) is 1. The van der Waals surface area contributed by atoms with Crippen molar-refractivity contribution in [2.24, 2.45) is 0 Å². The summed E-state index contributed by atoms with van der Waals surface area (Å²) in [6.07, 6.45) is 2.50. The van der Waals surface area contributed by atoms with Gasteiger partial charge in [0.25, 0.3) is 0 Å². The summed E-state index contributed by atoms with van der Waals surface area (Å²) in [6.45, 7) is 2.54. The molecule has 7 heteroatoms. The van der Waals surface area contributed by atoms with E-state index in [0.29, 0.717) is 13.1 Å². The highest BCUT2D eigenvalue weighted by atomic mass is 32.1. The van der Waals surface area contributed by atoms with Crippen LogP contribution in [0, 0.1) is 0 Å². The largest absolute Gasteiger partial charge is 0.467 e. The Morgan fingerprint density at radius 3 is 3.08 bits per heavy atom. The van der Waals surface area contributed by atoms with Gasteiger partial charge in [0.2, 0.25) is 0 Å². The van der Waals surface area contributed by atoms with Crippen LogP contribution in [-0.4, -0.2) is 27.3 Å². The molecule has 0 spiro atoms. The molecule has 6 nitrogen and oxygen atoms in total. The standard InChI is InChI=1S/C17H18N4O2S/c22-17(18-11-14-4-1-8-23-14)20-6-3-7-21-13(12-20)10-15(19-21)16-5-2-9-24-16/h1-2,4-5,8-10H,3,6-7,11-12H2,(H,18,22). The number of aromatic nitrogens is 2. The normalized spacial score (nSPS) is 14.2. The van der Waals surface area contributed by atoms with Crippen LogP contribution >= 0.6 is 11.3 Å². The van der Waals surface area contributed by atoms with E-state index in [1.807, 2.05) is 33.2 Å². The summed E-state index contributed by atoms with van der Waals surface area (Å²) in [6, 6.07) is 9.78. The SMILES string of the molecule is O=C(NCc1ccco1)N1CCCn2nc(-c3cccs3)cc2C1. The van der Waals surface area contributed by atoms with Crippen LogP contribution in [0.25, 0.3) is 10.6 Å². The molecule has 0 aromatic carbocycles. The fourth-order valence-corrected chi connectivity index (χ4v) is 3.55. The van der Waals surface area contributed by atoms with Crippen LogP contribution in [-0.2, 0) is 19.6 Å². The molecule has 24 heavy (non-hydrogen) atoms. The van der Waals surface area contributed by atoms with Gasteiger partial charge in [-0.2, -0.15) is 5.10 Å². The van der Waals surface area contributed by atoms with Gasteiger partial charge in [0, 0.05) is 13.1 Å². The van der Waals surface area contributed by atoms with Crippen molar-refractivity contribution < 1.29 is 9.21 Å². The number of nitrogens with zero attached hydrogens (tertiary/aromatic N) is 3. The molecule has 0 fully saturated rings. The summed E-state index contributed by atoms with van der Waals surface area (Å²) in [5, 5.41) is 9.65. The van der Waals surface area contributed by atoms with Crippen molar-refractivity contribution in [3.63, 3.8) is 0 Å². The number of hydrogen-bond acceptors (Lipinski definition) is 4. The van der Waals surface area contributed by atoms with Gasteiger partial charge < -0.3 is 14.6 Å². The number of nitrogens with one attached hydrogen (secondary N) is 1. The molecule has 4 rings (SSSR count). The summed E-state index contributed by atoms with van der Waals surface area (Å²) >= 11 is 1.68. The average Bonchev–Trinajstić information content (AvgIpc) is 3.32. The molecular formula is C17H18N4O2S. The predicted molar refractivity (Wildman–Crippen MR) is 91.5 cm³/mol. The summed E-state index contributed by atoms with van der Waals surface area (Å²) in [7, 11) is 0. The second kappa shape index (κ2) is 6.52. The minimum Gasteiger partial charge on any atom is -0.467 e. The Kier molecular flexibility index (Phi) is 4.08. The quantitative estimate of drug-likeness (QED) is 0.794. The Hall–Kier alpha value is -2.54. The molecule has 0 saturated carbocycles. The maximum absolute atomic E-state index is 12.4. The lowest BCUT2D eigenvalue weighted by molar-refractivity contribution is 0.194. The maximum atomic E-state index is 12.4. The number of carbonyl (C=O) groups excluding carboxylic acids is 1. The summed E-state index contributed by atoms with van der Waals surface area (Å²) in [5.41, 5.74) is 2.06. The number of amides is 2. The first-order valence-electron chi connectivity index (χ1n) is 7.95. The highest BCUT2D eigenvalue weighted by Crippen LogP contribution is 2.25. The molecule has 1 N–H and O–H groups in total. The fourth-order valence-electron chi connectivity index (χ4n) is 2.87. The van der Waals surface area contributed by atoms with Crippen LogP contribution in [0.15, 0.2) is 46.4 Å². The van der Waals surface area contributed by atoms with Crippen molar-refractivity contribution in [2.45, 2.75) is 26.1 Å². The van der Waals surface area contributed by atoms with Crippen LogP contribution in [0.4, 0.5) is 4.79 Å². The van der Waals surface area contributed by atoms with Crippen molar-refractivity contribution in [1.82, 2.24) is 20.0 Å². The van der Waals surface area contributed by atoms with E-state index in [4.69, 9.17) is 4.42 Å². The first-order valence-corrected chi connectivity index (χ1v) is 8.83. The number of urea groups is 1. The Morgan fingerprint density at radius 1 is 1.33 bits per heavy atom. The second-order valence-corrected chi connectivity index (χ2v) is 6.68. The van der Waals surface area contributed by atoms with E-state index >= 15 is 0 Å². The Bertz CT molecular complexity index is 808. The van der Waals surface area contributed by atoms with E-state index in [1.165, 1.54) is 0 Å². The maximum Gasteiger partial charge on any atom is 0.318 e. The van der Waals surface area contributed by atoms with E-state index in [9.17, 15) is 4.79 Å². The molecule has 0 saturated heterocycles. The number of fused-ring (bicyclic) bond motifs is 1. The molecule has 1 aliphatic heterocycles. The van der Waals surface area contributed by atoms with E-state index in [1.54, 1.807) is 17.6 Å². The molecule has 0 bridgehead atoms. The highest BCUT2D eigenvalue weighted by molar-refractivity contribution is 7.13. The molecule has 0 aliphatic carbocycles. The molecule has 0 atom stereocenters. The minimum atomic E-state index is -0.0706. The van der Waals surface area contributed by atoms with Crippen LogP contribution in [0.1, 0.15) is 17.9 Å². The Balaban J connectivity index is 1.46. The molecule has 3 aromatic rings. The van der Waals surface area contributed by atoms with Crippen molar-refractivity contribution in [1.29, 1.82) is 0 Å². The summed E-state index contributed by atoms with van der Waals surface area (Å²) < 4.78 is 7.27. The van der Waals surface area contributed by atoms with Gasteiger partial charge in [0.15, 0.2) is 0 Å². The molecular weight excluding hydrogens is 324 g/mol. The predicted octanol–water partition coefficient (Wildman–Crippen LogP) is 3.32. The zero-order valence-electron chi connectivity index (χ0n) is 13.1. The van der Waals surface area contributed by atoms with Gasteiger partial charge in [-0.3, -0.25) is 4.68 Å².